The van der Waals surface area contributed by atoms with Crippen LogP contribution in [0.3, 0.4) is 0 Å². The third-order valence-electron chi connectivity index (χ3n) is 5.22. The van der Waals surface area contributed by atoms with Gasteiger partial charge in [-0.05, 0) is 32.5 Å². The second-order valence-corrected chi connectivity index (χ2v) is 16.1. The summed E-state index contributed by atoms with van der Waals surface area (Å²) in [6.07, 6.45) is 3.67. The quantitative estimate of drug-likeness (QED) is 0.194. The normalized spacial score (nSPS) is 12.2. The summed E-state index contributed by atoms with van der Waals surface area (Å²) in [6, 6.07) is 0. The molecule has 0 rings (SSSR count). The Morgan fingerprint density at radius 3 is 0.400 bits per heavy atom. The van der Waals surface area contributed by atoms with Gasteiger partial charge in [-0.1, -0.05) is 125 Å². The van der Waals surface area contributed by atoms with Crippen LogP contribution in [0.15, 0.2) is 0 Å². The molecule has 0 radical (unpaired) electrons. The van der Waals surface area contributed by atoms with E-state index in [0.717, 1.165) is 0 Å². The van der Waals surface area contributed by atoms with E-state index >= 15 is 0 Å². The van der Waals surface area contributed by atoms with E-state index in [1.807, 2.05) is 125 Å². The summed E-state index contributed by atoms with van der Waals surface area (Å²) in [6.45, 7) is 32.5. The van der Waals surface area contributed by atoms with Crippen LogP contribution in [0.25, 0.3) is 0 Å². The fourth-order valence-electron chi connectivity index (χ4n) is 1.66. The van der Waals surface area contributed by atoms with E-state index in [1.54, 1.807) is 0 Å². The third kappa shape index (κ3) is 21.0. The van der Waals surface area contributed by atoms with Gasteiger partial charge in [-0.3, -0.25) is 19.3 Å². The number of hydrogen-bond acceptors (Lipinski definition) is 6. The van der Waals surface area contributed by atoms with Crippen molar-refractivity contribution in [3.8, 4) is 0 Å². The van der Waals surface area contributed by atoms with Crippen LogP contribution in [-0.4, -0.2) is 52.1 Å². The predicted molar refractivity (Wildman–Crippen MR) is 165 cm³/mol. The van der Waals surface area contributed by atoms with Gasteiger partial charge in [0.25, 0.3) is 0 Å². The van der Waals surface area contributed by atoms with Gasteiger partial charge in [0.05, 0.1) is 0 Å². The SMILES string of the molecule is CC(C)(C)C(=O)[CH-]C(=O)C(C)(C)C.CC(C)(C)C(=O)[CH-]C(=O)C(C)(C)C.CC(C)(C)C(=O)[CH-]C(=O)C(C)(C)C.[Al+3]. The monoisotopic (exact) mass is 576 g/mol. The van der Waals surface area contributed by atoms with Gasteiger partial charge in [0, 0.05) is 34.7 Å². The summed E-state index contributed by atoms with van der Waals surface area (Å²) in [5.41, 5.74) is -2.74. The molecule has 0 bridgehead atoms. The van der Waals surface area contributed by atoms with Gasteiger partial charge in [0.2, 0.25) is 0 Å². The molecule has 0 unspecified atom stereocenters. The third-order valence-corrected chi connectivity index (χ3v) is 5.22. The van der Waals surface area contributed by atoms with Crippen LogP contribution >= 0.6 is 0 Å². The summed E-state index contributed by atoms with van der Waals surface area (Å²) in [7, 11) is 0. The summed E-state index contributed by atoms with van der Waals surface area (Å²) in [5, 5.41) is 0. The Hall–Kier alpha value is -1.84. The van der Waals surface area contributed by atoms with Crippen LogP contribution in [0.1, 0.15) is 125 Å². The number of carbonyl (C=O) groups excluding carboxylic acids is 6. The van der Waals surface area contributed by atoms with Crippen molar-refractivity contribution in [1.82, 2.24) is 0 Å². The summed E-state index contributed by atoms with van der Waals surface area (Å²) >= 11 is 0. The molecule has 40 heavy (non-hydrogen) atoms. The average molecular weight is 577 g/mol. The van der Waals surface area contributed by atoms with E-state index in [1.165, 1.54) is 19.3 Å². The molecule has 0 spiro atoms. The molecule has 0 heterocycles. The first-order valence-corrected chi connectivity index (χ1v) is 13.5. The fourth-order valence-corrected chi connectivity index (χ4v) is 1.66. The maximum atomic E-state index is 11.4. The second-order valence-electron chi connectivity index (χ2n) is 16.1. The minimum atomic E-state index is -0.457. The summed E-state index contributed by atoms with van der Waals surface area (Å²) in [4.78, 5) is 68.7. The Labute approximate surface area is 256 Å². The molecule has 0 aliphatic heterocycles. The molecule has 0 aliphatic rings. The van der Waals surface area contributed by atoms with Crippen LogP contribution in [0, 0.1) is 51.8 Å². The summed E-state index contributed by atoms with van der Waals surface area (Å²) in [5.74, 6) is -0.625. The maximum absolute atomic E-state index is 11.4. The maximum Gasteiger partial charge on any atom is 3.00 e. The van der Waals surface area contributed by atoms with Crippen molar-refractivity contribution in [3.05, 3.63) is 19.3 Å². The molecule has 0 saturated carbocycles. The number of ketones is 6. The van der Waals surface area contributed by atoms with Crippen molar-refractivity contribution in [2.24, 2.45) is 32.5 Å². The molecule has 0 aromatic heterocycles. The van der Waals surface area contributed by atoms with Crippen molar-refractivity contribution in [3.63, 3.8) is 0 Å². The average Bonchev–Trinajstić information content (AvgIpc) is 2.64. The first-order valence-electron chi connectivity index (χ1n) is 13.5. The number of hydrogen-bond donors (Lipinski definition) is 0. The van der Waals surface area contributed by atoms with Crippen molar-refractivity contribution < 1.29 is 28.8 Å². The van der Waals surface area contributed by atoms with E-state index in [2.05, 4.69) is 0 Å². The topological polar surface area (TPSA) is 102 Å². The molecule has 0 atom stereocenters. The van der Waals surface area contributed by atoms with Gasteiger partial charge in [0.1, 0.15) is 0 Å². The predicted octanol–water partition coefficient (Wildman–Crippen LogP) is 6.88. The van der Waals surface area contributed by atoms with Crippen molar-refractivity contribution in [1.29, 1.82) is 0 Å². The Bertz CT molecular complexity index is 693. The Morgan fingerprint density at radius 1 is 0.275 bits per heavy atom. The zero-order valence-electron chi connectivity index (χ0n) is 28.8. The molecule has 0 amide bonds. The van der Waals surface area contributed by atoms with E-state index < -0.39 is 32.5 Å². The second kappa shape index (κ2) is 16.0. The zero-order chi connectivity index (χ0) is 32.6. The molecular weight excluding hydrogens is 519 g/mol. The van der Waals surface area contributed by atoms with Crippen LogP contribution in [0.4, 0.5) is 0 Å². The minimum Gasteiger partial charge on any atom is -0.333 e. The molecule has 0 aromatic carbocycles. The Morgan fingerprint density at radius 2 is 0.350 bits per heavy atom. The van der Waals surface area contributed by atoms with Gasteiger partial charge in [0.15, 0.2) is 0 Å². The molecule has 228 valence electrons. The molecule has 0 saturated heterocycles. The van der Waals surface area contributed by atoms with E-state index in [4.69, 9.17) is 0 Å². The first kappa shape index (κ1) is 45.2. The smallest absolute Gasteiger partial charge is 0.333 e. The van der Waals surface area contributed by atoms with Crippen LogP contribution in [-0.2, 0) is 28.8 Å². The molecule has 0 N–H and O–H groups in total. The molecular formula is C33H57AlO6. The van der Waals surface area contributed by atoms with E-state index in [0.29, 0.717) is 0 Å². The van der Waals surface area contributed by atoms with Crippen molar-refractivity contribution in [2.45, 2.75) is 125 Å². The van der Waals surface area contributed by atoms with Gasteiger partial charge >= 0.3 is 17.4 Å². The zero-order valence-corrected chi connectivity index (χ0v) is 29.9. The standard InChI is InChI=1S/3C11H19O2.Al/c3*1-10(2,3)8(12)7-9(13)11(4,5)6;/h3*7H,1-6H3;/q3*-1;+3. The van der Waals surface area contributed by atoms with Gasteiger partial charge in [-0.25, -0.2) is 0 Å². The molecule has 0 aliphatic carbocycles. The Kier molecular flexibility index (Phi) is 18.0. The Balaban J connectivity index is -0.000000240. The molecule has 6 nitrogen and oxygen atoms in total. The van der Waals surface area contributed by atoms with Crippen LogP contribution in [0.2, 0.25) is 0 Å². The van der Waals surface area contributed by atoms with Gasteiger partial charge < -0.3 is 28.8 Å². The number of carbonyl (C=O) groups is 6. The van der Waals surface area contributed by atoms with Crippen LogP contribution in [0.5, 0.6) is 0 Å². The molecule has 0 aromatic rings. The van der Waals surface area contributed by atoms with Gasteiger partial charge in [-0.2, -0.15) is 0 Å². The van der Waals surface area contributed by atoms with E-state index in [9.17, 15) is 28.8 Å². The van der Waals surface area contributed by atoms with E-state index in [-0.39, 0.29) is 52.1 Å². The molecule has 0 fully saturated rings. The minimum absolute atomic E-state index is 0. The van der Waals surface area contributed by atoms with Gasteiger partial charge in [-0.15, -0.1) is 0 Å². The van der Waals surface area contributed by atoms with Crippen LogP contribution < -0.4 is 0 Å². The number of rotatable bonds is 6. The van der Waals surface area contributed by atoms with Crippen molar-refractivity contribution in [2.75, 3.05) is 0 Å². The summed E-state index contributed by atoms with van der Waals surface area (Å²) < 4.78 is 0. The first-order chi connectivity index (χ1) is 16.6. The molecule has 7 heteroatoms. The largest absolute Gasteiger partial charge is 3.00 e. The number of Topliss-reactive ketones (excluding diaryl/α,β-unsaturated/α-hetero) is 6. The van der Waals surface area contributed by atoms with Crippen molar-refractivity contribution >= 4 is 52.1 Å². The fraction of sp³-hybridized carbons (Fsp3) is 0.727.